The van der Waals surface area contributed by atoms with Gasteiger partial charge in [-0.15, -0.1) is 11.3 Å². The molecular formula is C18H23N3OS. The molecule has 122 valence electrons. The van der Waals surface area contributed by atoms with E-state index in [0.29, 0.717) is 0 Å². The van der Waals surface area contributed by atoms with Crippen LogP contribution in [0.3, 0.4) is 0 Å². The van der Waals surface area contributed by atoms with Crippen LogP contribution in [0, 0.1) is 0 Å². The van der Waals surface area contributed by atoms with Crippen molar-refractivity contribution < 1.29 is 4.79 Å². The van der Waals surface area contributed by atoms with Crippen molar-refractivity contribution >= 4 is 17.2 Å². The average molecular weight is 329 g/mol. The van der Waals surface area contributed by atoms with Crippen molar-refractivity contribution in [3.63, 3.8) is 0 Å². The van der Waals surface area contributed by atoms with E-state index in [-0.39, 0.29) is 11.9 Å². The molecule has 0 aromatic carbocycles. The Morgan fingerprint density at radius 1 is 1.26 bits per heavy atom. The van der Waals surface area contributed by atoms with E-state index >= 15 is 0 Å². The molecule has 4 rings (SSSR count). The van der Waals surface area contributed by atoms with Crippen LogP contribution < -0.4 is 0 Å². The summed E-state index contributed by atoms with van der Waals surface area (Å²) in [5.41, 5.74) is 2.44. The lowest BCUT2D eigenvalue weighted by atomic mass is 9.98. The van der Waals surface area contributed by atoms with Crippen LogP contribution in [0.4, 0.5) is 0 Å². The first-order valence-electron chi connectivity index (χ1n) is 8.64. The monoisotopic (exact) mass is 329 g/mol. The molecule has 0 radical (unpaired) electrons. The third kappa shape index (κ3) is 2.82. The number of hydrogen-bond donors (Lipinski definition) is 0. The molecule has 2 aromatic rings. The van der Waals surface area contributed by atoms with Gasteiger partial charge in [0, 0.05) is 24.7 Å². The Labute approximate surface area is 141 Å². The van der Waals surface area contributed by atoms with Gasteiger partial charge in [0.15, 0.2) is 0 Å². The summed E-state index contributed by atoms with van der Waals surface area (Å²) in [4.78, 5) is 17.5. The molecule has 1 saturated heterocycles. The standard InChI is InChI=1S/C18H23N3OS/c1-20-11-9-14(19-20)15-7-4-5-10-21(15)18(22)17-12-13-6-2-3-8-16(13)23-17/h9,11-12,15H,2-8,10H2,1H3. The Balaban J connectivity index is 1.61. The van der Waals surface area contributed by atoms with Crippen molar-refractivity contribution in [2.75, 3.05) is 6.54 Å². The summed E-state index contributed by atoms with van der Waals surface area (Å²) in [7, 11) is 1.94. The van der Waals surface area contributed by atoms with Gasteiger partial charge in [-0.05, 0) is 62.6 Å². The van der Waals surface area contributed by atoms with E-state index in [1.165, 1.54) is 29.7 Å². The van der Waals surface area contributed by atoms with Gasteiger partial charge in [0.25, 0.3) is 5.91 Å². The molecule has 2 aromatic heterocycles. The highest BCUT2D eigenvalue weighted by molar-refractivity contribution is 7.14. The minimum Gasteiger partial charge on any atom is -0.329 e. The Morgan fingerprint density at radius 3 is 2.91 bits per heavy atom. The summed E-state index contributed by atoms with van der Waals surface area (Å²) in [6.45, 7) is 0.850. The molecule has 3 heterocycles. The van der Waals surface area contributed by atoms with Crippen molar-refractivity contribution in [3.8, 4) is 0 Å². The number of piperidine rings is 1. The normalized spacial score (nSPS) is 21.3. The number of amides is 1. The molecule has 1 unspecified atom stereocenters. The largest absolute Gasteiger partial charge is 0.329 e. The van der Waals surface area contributed by atoms with E-state index in [0.717, 1.165) is 42.8 Å². The van der Waals surface area contributed by atoms with Crippen molar-refractivity contribution in [2.24, 2.45) is 7.05 Å². The van der Waals surface area contributed by atoms with Crippen LogP contribution in [0.15, 0.2) is 18.3 Å². The van der Waals surface area contributed by atoms with Crippen LogP contribution in [0.25, 0.3) is 0 Å². The van der Waals surface area contributed by atoms with E-state index < -0.39 is 0 Å². The maximum Gasteiger partial charge on any atom is 0.264 e. The van der Waals surface area contributed by atoms with E-state index in [9.17, 15) is 4.79 Å². The number of hydrogen-bond acceptors (Lipinski definition) is 3. The summed E-state index contributed by atoms with van der Waals surface area (Å²) in [5, 5.41) is 4.55. The lowest BCUT2D eigenvalue weighted by Crippen LogP contribution is -2.38. The van der Waals surface area contributed by atoms with Gasteiger partial charge < -0.3 is 4.90 Å². The lowest BCUT2D eigenvalue weighted by molar-refractivity contribution is 0.0610. The van der Waals surface area contributed by atoms with Crippen LogP contribution in [0.2, 0.25) is 0 Å². The number of carbonyl (C=O) groups excluding carboxylic acids is 1. The highest BCUT2D eigenvalue weighted by Crippen LogP contribution is 2.35. The minimum atomic E-state index is 0.136. The quantitative estimate of drug-likeness (QED) is 0.842. The summed E-state index contributed by atoms with van der Waals surface area (Å²) in [6.07, 6.45) is 10.1. The topological polar surface area (TPSA) is 38.1 Å². The zero-order chi connectivity index (χ0) is 15.8. The van der Waals surface area contributed by atoms with Gasteiger partial charge in [0.1, 0.15) is 0 Å². The highest BCUT2D eigenvalue weighted by atomic mass is 32.1. The zero-order valence-corrected chi connectivity index (χ0v) is 14.4. The Kier molecular flexibility index (Phi) is 3.97. The molecule has 1 fully saturated rings. The number of thiophene rings is 1. The first-order chi connectivity index (χ1) is 11.2. The van der Waals surface area contributed by atoms with Gasteiger partial charge in [0.05, 0.1) is 16.6 Å². The molecular weight excluding hydrogens is 306 g/mol. The number of aromatic nitrogens is 2. The van der Waals surface area contributed by atoms with Crippen molar-refractivity contribution in [3.05, 3.63) is 39.3 Å². The fourth-order valence-electron chi connectivity index (χ4n) is 3.83. The molecule has 0 bridgehead atoms. The highest BCUT2D eigenvalue weighted by Gasteiger charge is 2.31. The SMILES string of the molecule is Cn1ccc(C2CCCCN2C(=O)c2cc3c(s2)CCCC3)n1. The third-order valence-electron chi connectivity index (χ3n) is 5.05. The second-order valence-electron chi connectivity index (χ2n) is 6.69. The summed E-state index contributed by atoms with van der Waals surface area (Å²) < 4.78 is 1.83. The molecule has 1 aliphatic heterocycles. The Bertz CT molecular complexity index is 694. The number of fused-ring (bicyclic) bond motifs is 1. The molecule has 0 saturated carbocycles. The molecule has 2 aliphatic rings. The van der Waals surface area contributed by atoms with E-state index in [4.69, 9.17) is 0 Å². The number of aryl methyl sites for hydroxylation is 3. The number of rotatable bonds is 2. The fourth-order valence-corrected chi connectivity index (χ4v) is 5.04. The van der Waals surface area contributed by atoms with Crippen LogP contribution in [0.1, 0.15) is 64.0 Å². The predicted octanol–water partition coefficient (Wildman–Crippen LogP) is 3.73. The van der Waals surface area contributed by atoms with Crippen molar-refractivity contribution in [2.45, 2.75) is 51.0 Å². The first-order valence-corrected chi connectivity index (χ1v) is 9.46. The second-order valence-corrected chi connectivity index (χ2v) is 7.83. The van der Waals surface area contributed by atoms with Gasteiger partial charge in [-0.25, -0.2) is 0 Å². The molecule has 1 atom stereocenters. The molecule has 0 spiro atoms. The van der Waals surface area contributed by atoms with Crippen LogP contribution in [0.5, 0.6) is 0 Å². The molecule has 23 heavy (non-hydrogen) atoms. The van der Waals surface area contributed by atoms with Gasteiger partial charge in [-0.1, -0.05) is 0 Å². The van der Waals surface area contributed by atoms with Gasteiger partial charge >= 0.3 is 0 Å². The van der Waals surface area contributed by atoms with Crippen molar-refractivity contribution in [1.29, 1.82) is 0 Å². The molecule has 4 nitrogen and oxygen atoms in total. The van der Waals surface area contributed by atoms with Crippen molar-refractivity contribution in [1.82, 2.24) is 14.7 Å². The maximum absolute atomic E-state index is 13.1. The first kappa shape index (κ1) is 14.9. The maximum atomic E-state index is 13.1. The number of carbonyl (C=O) groups is 1. The molecule has 5 heteroatoms. The summed E-state index contributed by atoms with van der Waals surface area (Å²) >= 11 is 1.72. The van der Waals surface area contributed by atoms with Crippen LogP contribution >= 0.6 is 11.3 Å². The number of nitrogens with zero attached hydrogens (tertiary/aromatic N) is 3. The predicted molar refractivity (Wildman–Crippen MR) is 91.8 cm³/mol. The number of likely N-dealkylation sites (tertiary alicyclic amines) is 1. The molecule has 1 aliphatic carbocycles. The van der Waals surface area contributed by atoms with E-state index in [2.05, 4.69) is 22.1 Å². The third-order valence-corrected chi connectivity index (χ3v) is 6.27. The minimum absolute atomic E-state index is 0.136. The summed E-state index contributed by atoms with van der Waals surface area (Å²) in [5.74, 6) is 0.208. The van der Waals surface area contributed by atoms with Crippen LogP contribution in [-0.2, 0) is 19.9 Å². The van der Waals surface area contributed by atoms with E-state index in [1.54, 1.807) is 11.3 Å². The Hall–Kier alpha value is -1.62. The lowest BCUT2D eigenvalue weighted by Gasteiger charge is -2.34. The van der Waals surface area contributed by atoms with E-state index in [1.807, 2.05) is 17.9 Å². The van der Waals surface area contributed by atoms with Gasteiger partial charge in [-0.2, -0.15) is 5.10 Å². The van der Waals surface area contributed by atoms with Gasteiger partial charge in [-0.3, -0.25) is 9.48 Å². The molecule has 1 amide bonds. The second kappa shape index (κ2) is 6.11. The smallest absolute Gasteiger partial charge is 0.264 e. The van der Waals surface area contributed by atoms with Crippen LogP contribution in [-0.4, -0.2) is 27.1 Å². The van der Waals surface area contributed by atoms with Gasteiger partial charge in [0.2, 0.25) is 0 Å². The summed E-state index contributed by atoms with van der Waals surface area (Å²) in [6, 6.07) is 4.35. The fraction of sp³-hybridized carbons (Fsp3) is 0.556. The zero-order valence-electron chi connectivity index (χ0n) is 13.6. The molecule has 0 N–H and O–H groups in total. The Morgan fingerprint density at radius 2 is 2.13 bits per heavy atom. The average Bonchev–Trinajstić information content (AvgIpc) is 3.20.